The highest BCUT2D eigenvalue weighted by atomic mass is 32.1. The van der Waals surface area contributed by atoms with Crippen LogP contribution in [-0.2, 0) is 0 Å². The third-order valence-electron chi connectivity index (χ3n) is 4.13. The molecule has 4 heteroatoms. The summed E-state index contributed by atoms with van der Waals surface area (Å²) in [5.74, 6) is 2.36. The van der Waals surface area contributed by atoms with E-state index < -0.39 is 0 Å². The molecule has 0 saturated carbocycles. The van der Waals surface area contributed by atoms with Crippen LogP contribution in [0.4, 0.5) is 0 Å². The average molecular weight is 367 g/mol. The summed E-state index contributed by atoms with van der Waals surface area (Å²) >= 11 is 3.30. The number of aryl methyl sites for hydroxylation is 1. The van der Waals surface area contributed by atoms with Crippen LogP contribution in [0, 0.1) is 13.8 Å². The normalized spacial score (nSPS) is 11.6. The second-order valence-corrected chi connectivity index (χ2v) is 9.50. The van der Waals surface area contributed by atoms with Gasteiger partial charge in [-0.1, -0.05) is 55.4 Å². The Morgan fingerprint density at radius 3 is 1.42 bits per heavy atom. The van der Waals surface area contributed by atoms with E-state index in [1.165, 1.54) is 32.3 Å². The van der Waals surface area contributed by atoms with Crippen molar-refractivity contribution >= 4 is 23.1 Å². The van der Waals surface area contributed by atoms with Gasteiger partial charge in [-0.3, -0.25) is 0 Å². The molecule has 0 unspecified atom stereocenters. The zero-order chi connectivity index (χ0) is 18.6. The lowest BCUT2D eigenvalue weighted by Gasteiger charge is -2.09. The Morgan fingerprint density at radius 1 is 0.625 bits per heavy atom. The molecule has 2 nitrogen and oxygen atoms in total. The summed E-state index contributed by atoms with van der Waals surface area (Å²) in [6.45, 7) is 22.1. The van der Waals surface area contributed by atoms with E-state index in [0.29, 0.717) is 23.7 Å². The van der Waals surface area contributed by atoms with Gasteiger partial charge in [0.15, 0.2) is 0 Å². The van der Waals surface area contributed by atoms with Gasteiger partial charge in [0, 0.05) is 9.75 Å². The Kier molecular flexibility index (Phi) is 8.07. The fourth-order valence-corrected chi connectivity index (χ4v) is 4.93. The molecule has 0 radical (unpaired) electrons. The summed E-state index contributed by atoms with van der Waals surface area (Å²) in [5, 5.41) is 0. The molecule has 0 aromatic carbocycles. The summed E-state index contributed by atoms with van der Waals surface area (Å²) in [6, 6.07) is 0. The van der Waals surface area contributed by atoms with Crippen LogP contribution >= 0.6 is 23.1 Å². The smallest absolute Gasteiger partial charge is 0.0604 e. The molecule has 2 aromatic heterocycles. The Labute approximate surface area is 157 Å². The first-order valence-electron chi connectivity index (χ1n) is 8.99. The van der Waals surface area contributed by atoms with Gasteiger partial charge in [0.25, 0.3) is 0 Å². The van der Waals surface area contributed by atoms with Crippen LogP contribution in [0.1, 0.15) is 111 Å². The van der Waals surface area contributed by atoms with Gasteiger partial charge in [0.05, 0.1) is 11.4 Å². The third-order valence-corrected chi connectivity index (χ3v) is 6.17. The van der Waals surface area contributed by atoms with Gasteiger partial charge < -0.3 is 0 Å². The van der Waals surface area contributed by atoms with Crippen LogP contribution < -0.4 is 0 Å². The molecule has 2 rings (SSSR count). The average Bonchev–Trinajstić information content (AvgIpc) is 3.02. The number of nitrogens with zero attached hydrogens (tertiary/aromatic N) is 2. The maximum absolute atomic E-state index is 4.48. The SMILES string of the molecule is Cc1c(C(C)C)nsc1C(C)C.Cc1snc(C(C)C)c1C(C)C. The molecule has 0 fully saturated rings. The van der Waals surface area contributed by atoms with Gasteiger partial charge in [-0.15, -0.1) is 0 Å². The van der Waals surface area contributed by atoms with E-state index in [2.05, 4.69) is 78.0 Å². The van der Waals surface area contributed by atoms with E-state index >= 15 is 0 Å². The van der Waals surface area contributed by atoms with Crippen molar-refractivity contribution in [3.63, 3.8) is 0 Å². The van der Waals surface area contributed by atoms with E-state index in [1.54, 1.807) is 23.1 Å². The van der Waals surface area contributed by atoms with Crippen molar-refractivity contribution in [2.45, 2.75) is 92.9 Å². The number of hydrogen-bond donors (Lipinski definition) is 0. The molecule has 24 heavy (non-hydrogen) atoms. The van der Waals surface area contributed by atoms with Crippen LogP contribution in [0.5, 0.6) is 0 Å². The molecule has 0 bridgehead atoms. The van der Waals surface area contributed by atoms with Crippen molar-refractivity contribution in [2.24, 2.45) is 0 Å². The zero-order valence-corrected chi connectivity index (χ0v) is 18.7. The summed E-state index contributed by atoms with van der Waals surface area (Å²) < 4.78 is 8.96. The second-order valence-electron chi connectivity index (χ2n) is 7.71. The molecule has 0 spiro atoms. The molecule has 2 aromatic rings. The first-order valence-corrected chi connectivity index (χ1v) is 10.5. The van der Waals surface area contributed by atoms with E-state index in [9.17, 15) is 0 Å². The maximum Gasteiger partial charge on any atom is 0.0604 e. The monoisotopic (exact) mass is 366 g/mol. The first-order chi connectivity index (χ1) is 11.1. The van der Waals surface area contributed by atoms with E-state index in [-0.39, 0.29) is 0 Å². The molecule has 0 N–H and O–H groups in total. The van der Waals surface area contributed by atoms with Crippen molar-refractivity contribution in [1.29, 1.82) is 0 Å². The van der Waals surface area contributed by atoms with E-state index in [0.717, 1.165) is 0 Å². The largest absolute Gasteiger partial charge is 0.197 e. The van der Waals surface area contributed by atoms with Gasteiger partial charge in [0.1, 0.15) is 0 Å². The molecular formula is C20H34N2S2. The maximum atomic E-state index is 4.48. The fourth-order valence-electron chi connectivity index (χ4n) is 2.95. The molecule has 0 amide bonds. The van der Waals surface area contributed by atoms with E-state index in [4.69, 9.17) is 0 Å². The lowest BCUT2D eigenvalue weighted by atomic mass is 9.96. The fraction of sp³-hybridized carbons (Fsp3) is 0.700. The Hall–Kier alpha value is -0.740. The van der Waals surface area contributed by atoms with Crippen molar-refractivity contribution in [1.82, 2.24) is 8.75 Å². The predicted molar refractivity (Wildman–Crippen MR) is 110 cm³/mol. The molecule has 136 valence electrons. The molecule has 2 heterocycles. The zero-order valence-electron chi connectivity index (χ0n) is 17.0. The summed E-state index contributed by atoms with van der Waals surface area (Å²) in [6.07, 6.45) is 0. The number of hydrogen-bond acceptors (Lipinski definition) is 4. The summed E-state index contributed by atoms with van der Waals surface area (Å²) in [7, 11) is 0. The van der Waals surface area contributed by atoms with Crippen molar-refractivity contribution < 1.29 is 0 Å². The Balaban J connectivity index is 0.000000240. The minimum absolute atomic E-state index is 0.562. The highest BCUT2D eigenvalue weighted by molar-refractivity contribution is 7.06. The highest BCUT2D eigenvalue weighted by Gasteiger charge is 2.16. The van der Waals surface area contributed by atoms with Crippen molar-refractivity contribution in [2.75, 3.05) is 0 Å². The summed E-state index contributed by atoms with van der Waals surface area (Å²) in [4.78, 5) is 2.83. The third kappa shape index (κ3) is 5.13. The topological polar surface area (TPSA) is 25.8 Å². The van der Waals surface area contributed by atoms with Crippen LogP contribution in [0.2, 0.25) is 0 Å². The molecule has 0 aliphatic carbocycles. The Bertz CT molecular complexity index is 609. The van der Waals surface area contributed by atoms with Gasteiger partial charge in [-0.05, 0) is 71.7 Å². The van der Waals surface area contributed by atoms with Crippen LogP contribution in [0.15, 0.2) is 0 Å². The first kappa shape index (κ1) is 21.3. The van der Waals surface area contributed by atoms with Gasteiger partial charge in [0.2, 0.25) is 0 Å². The van der Waals surface area contributed by atoms with Crippen molar-refractivity contribution in [3.05, 3.63) is 32.3 Å². The minimum atomic E-state index is 0.562. The molecular weight excluding hydrogens is 332 g/mol. The Morgan fingerprint density at radius 2 is 1.12 bits per heavy atom. The van der Waals surface area contributed by atoms with Crippen LogP contribution in [0.25, 0.3) is 0 Å². The lowest BCUT2D eigenvalue weighted by Crippen LogP contribution is -1.97. The summed E-state index contributed by atoms with van der Waals surface area (Å²) in [5.41, 5.74) is 5.45. The van der Waals surface area contributed by atoms with Crippen LogP contribution in [-0.4, -0.2) is 8.75 Å². The van der Waals surface area contributed by atoms with Gasteiger partial charge in [-0.2, -0.15) is 8.75 Å². The predicted octanol–water partition coefficient (Wildman–Crippen LogP) is 7.40. The number of rotatable bonds is 4. The lowest BCUT2D eigenvalue weighted by molar-refractivity contribution is 0.772. The quantitative estimate of drug-likeness (QED) is 0.563. The minimum Gasteiger partial charge on any atom is -0.197 e. The van der Waals surface area contributed by atoms with Gasteiger partial charge >= 0.3 is 0 Å². The van der Waals surface area contributed by atoms with Crippen LogP contribution in [0.3, 0.4) is 0 Å². The second kappa shape index (κ2) is 9.10. The number of aromatic nitrogens is 2. The molecule has 0 saturated heterocycles. The highest BCUT2D eigenvalue weighted by Crippen LogP contribution is 2.31. The molecule has 0 aliphatic heterocycles. The van der Waals surface area contributed by atoms with E-state index in [1.807, 2.05) is 0 Å². The van der Waals surface area contributed by atoms with Gasteiger partial charge in [-0.25, -0.2) is 0 Å². The molecule has 0 atom stereocenters. The molecule has 0 aliphatic rings. The van der Waals surface area contributed by atoms with Crippen molar-refractivity contribution in [3.8, 4) is 0 Å². The standard InChI is InChI=1S/2C10H17NS/c1-6(2)9-8(5)12-11-10(9)7(3)4;1-6(2)9-8(5)10(7(3)4)12-11-9/h2*6-7H,1-5H3.